The van der Waals surface area contributed by atoms with Crippen LogP contribution in [0, 0.1) is 6.92 Å². The number of rotatable bonds is 5. The van der Waals surface area contributed by atoms with Gasteiger partial charge in [-0.25, -0.2) is 4.98 Å². The smallest absolute Gasteiger partial charge is 0.226 e. The average Bonchev–Trinajstić information content (AvgIpc) is 3.16. The Bertz CT molecular complexity index is 588. The van der Waals surface area contributed by atoms with E-state index < -0.39 is 0 Å². The van der Waals surface area contributed by atoms with E-state index >= 15 is 0 Å². The Morgan fingerprint density at radius 2 is 2.21 bits per heavy atom. The summed E-state index contributed by atoms with van der Waals surface area (Å²) in [5, 5.41) is 4.50. The van der Waals surface area contributed by atoms with Crippen LogP contribution in [-0.4, -0.2) is 29.6 Å². The highest BCUT2D eigenvalue weighted by Gasteiger charge is 2.29. The van der Waals surface area contributed by atoms with Crippen LogP contribution in [0.3, 0.4) is 0 Å². The van der Waals surface area contributed by atoms with E-state index in [1.807, 2.05) is 0 Å². The lowest BCUT2D eigenvalue weighted by molar-refractivity contribution is 0.890. The van der Waals surface area contributed by atoms with Crippen molar-refractivity contribution in [1.82, 2.24) is 9.97 Å². The Hall–Kier alpha value is -1.36. The molecule has 3 rings (SSSR count). The highest BCUT2D eigenvalue weighted by Crippen LogP contribution is 2.36. The topological polar surface area (TPSA) is 41.1 Å². The summed E-state index contributed by atoms with van der Waals surface area (Å²) in [5.41, 5.74) is 0. The van der Waals surface area contributed by atoms with Crippen LogP contribution in [0.15, 0.2) is 6.07 Å². The van der Waals surface area contributed by atoms with E-state index in [0.717, 1.165) is 29.6 Å². The fourth-order valence-corrected chi connectivity index (χ4v) is 3.12. The van der Waals surface area contributed by atoms with Crippen molar-refractivity contribution in [2.24, 2.45) is 0 Å². The van der Waals surface area contributed by atoms with Gasteiger partial charge in [-0.05, 0) is 32.3 Å². The largest absolute Gasteiger partial charge is 0.356 e. The Balaban J connectivity index is 2.04. The molecule has 4 nitrogen and oxygen atoms in total. The van der Waals surface area contributed by atoms with E-state index in [9.17, 15) is 0 Å². The Morgan fingerprint density at radius 1 is 1.42 bits per heavy atom. The normalized spacial score (nSPS) is 14.9. The van der Waals surface area contributed by atoms with Crippen LogP contribution >= 0.6 is 11.3 Å². The molecule has 0 amide bonds. The second-order valence-electron chi connectivity index (χ2n) is 5.22. The van der Waals surface area contributed by atoms with Crippen molar-refractivity contribution in [2.45, 2.75) is 39.2 Å². The third kappa shape index (κ3) is 2.52. The number of anilines is 2. The Labute approximate surface area is 117 Å². The molecule has 0 aliphatic heterocycles. The minimum atomic E-state index is 0.664. The molecule has 1 saturated carbocycles. The summed E-state index contributed by atoms with van der Waals surface area (Å²) in [6.45, 7) is 5.20. The third-order valence-corrected chi connectivity index (χ3v) is 4.40. The van der Waals surface area contributed by atoms with Gasteiger partial charge in [0.2, 0.25) is 5.95 Å². The standard InChI is InChI=1S/C14H20N4S/c1-4-7-15-14-16-12(18(3)10-5-6-10)11-8-9(2)19-13(11)17-14/h8,10H,4-7H2,1-3H3,(H,15,16,17). The third-order valence-electron chi connectivity index (χ3n) is 3.46. The van der Waals surface area contributed by atoms with Gasteiger partial charge in [0, 0.05) is 24.5 Å². The Kier molecular flexibility index (Phi) is 3.31. The summed E-state index contributed by atoms with van der Waals surface area (Å²) in [6, 6.07) is 2.87. The second-order valence-corrected chi connectivity index (χ2v) is 6.45. The van der Waals surface area contributed by atoms with Gasteiger partial charge in [0.05, 0.1) is 5.39 Å². The van der Waals surface area contributed by atoms with Crippen LogP contribution in [0.1, 0.15) is 31.1 Å². The van der Waals surface area contributed by atoms with Crippen LogP contribution < -0.4 is 10.2 Å². The highest BCUT2D eigenvalue weighted by molar-refractivity contribution is 7.18. The van der Waals surface area contributed by atoms with Crippen LogP contribution in [0.25, 0.3) is 10.2 Å². The van der Waals surface area contributed by atoms with Gasteiger partial charge < -0.3 is 10.2 Å². The molecular weight excluding hydrogens is 256 g/mol. The number of aryl methyl sites for hydroxylation is 1. The number of nitrogens with zero attached hydrogens (tertiary/aromatic N) is 3. The zero-order valence-electron chi connectivity index (χ0n) is 11.7. The number of aromatic nitrogens is 2. The summed E-state index contributed by atoms with van der Waals surface area (Å²) >= 11 is 1.75. The predicted molar refractivity (Wildman–Crippen MR) is 82.4 cm³/mol. The molecule has 5 heteroatoms. The average molecular weight is 276 g/mol. The maximum atomic E-state index is 4.72. The molecule has 19 heavy (non-hydrogen) atoms. The fraction of sp³-hybridized carbons (Fsp3) is 0.571. The molecule has 102 valence electrons. The SMILES string of the molecule is CCCNc1nc(N(C)C2CC2)c2cc(C)sc2n1. The molecule has 2 aromatic rings. The van der Waals surface area contributed by atoms with Gasteiger partial charge in [-0.3, -0.25) is 0 Å². The molecule has 1 aliphatic rings. The number of hydrogen-bond acceptors (Lipinski definition) is 5. The highest BCUT2D eigenvalue weighted by atomic mass is 32.1. The van der Waals surface area contributed by atoms with Gasteiger partial charge in [-0.1, -0.05) is 6.92 Å². The van der Waals surface area contributed by atoms with Crippen LogP contribution in [0.5, 0.6) is 0 Å². The zero-order chi connectivity index (χ0) is 13.4. The van der Waals surface area contributed by atoms with E-state index in [0.29, 0.717) is 6.04 Å². The molecule has 1 aliphatic carbocycles. The Morgan fingerprint density at radius 3 is 2.89 bits per heavy atom. The summed E-state index contributed by atoms with van der Waals surface area (Å²) in [6.07, 6.45) is 3.64. The van der Waals surface area contributed by atoms with Crippen LogP contribution in [-0.2, 0) is 0 Å². The van der Waals surface area contributed by atoms with E-state index in [1.54, 1.807) is 11.3 Å². The molecule has 0 aromatic carbocycles. The van der Waals surface area contributed by atoms with E-state index in [4.69, 9.17) is 4.98 Å². The molecule has 1 N–H and O–H groups in total. The van der Waals surface area contributed by atoms with E-state index in [2.05, 4.69) is 42.2 Å². The van der Waals surface area contributed by atoms with Crippen molar-refractivity contribution in [2.75, 3.05) is 23.8 Å². The van der Waals surface area contributed by atoms with Gasteiger partial charge in [-0.2, -0.15) is 4.98 Å². The number of hydrogen-bond donors (Lipinski definition) is 1. The van der Waals surface area contributed by atoms with Gasteiger partial charge in [0.1, 0.15) is 10.6 Å². The van der Waals surface area contributed by atoms with Crippen molar-refractivity contribution in [1.29, 1.82) is 0 Å². The zero-order valence-corrected chi connectivity index (χ0v) is 12.5. The van der Waals surface area contributed by atoms with Crippen molar-refractivity contribution in [3.63, 3.8) is 0 Å². The lowest BCUT2D eigenvalue weighted by Crippen LogP contribution is -2.21. The van der Waals surface area contributed by atoms with Crippen molar-refractivity contribution in [3.8, 4) is 0 Å². The van der Waals surface area contributed by atoms with Gasteiger partial charge in [0.15, 0.2) is 0 Å². The molecule has 0 saturated heterocycles. The van der Waals surface area contributed by atoms with Crippen molar-refractivity contribution >= 4 is 33.3 Å². The second kappa shape index (κ2) is 4.96. The van der Waals surface area contributed by atoms with Gasteiger partial charge in [-0.15, -0.1) is 11.3 Å². The van der Waals surface area contributed by atoms with Gasteiger partial charge >= 0.3 is 0 Å². The van der Waals surface area contributed by atoms with Crippen molar-refractivity contribution < 1.29 is 0 Å². The molecule has 2 aromatic heterocycles. The molecule has 0 unspecified atom stereocenters. The van der Waals surface area contributed by atoms with Crippen LogP contribution in [0.2, 0.25) is 0 Å². The first-order chi connectivity index (χ1) is 9.19. The van der Waals surface area contributed by atoms with Crippen LogP contribution in [0.4, 0.5) is 11.8 Å². The number of fused-ring (bicyclic) bond motifs is 1. The summed E-state index contributed by atoms with van der Waals surface area (Å²) in [7, 11) is 2.15. The summed E-state index contributed by atoms with van der Waals surface area (Å²) in [5.74, 6) is 1.84. The molecule has 0 bridgehead atoms. The monoisotopic (exact) mass is 276 g/mol. The molecule has 1 fully saturated rings. The minimum absolute atomic E-state index is 0.664. The predicted octanol–water partition coefficient (Wildman–Crippen LogP) is 3.42. The number of thiophene rings is 1. The molecule has 0 spiro atoms. The van der Waals surface area contributed by atoms with Crippen molar-refractivity contribution in [3.05, 3.63) is 10.9 Å². The first kappa shape index (κ1) is 12.7. The van der Waals surface area contributed by atoms with Gasteiger partial charge in [0.25, 0.3) is 0 Å². The molecule has 0 radical (unpaired) electrons. The summed E-state index contributed by atoms with van der Waals surface area (Å²) < 4.78 is 0. The fourth-order valence-electron chi connectivity index (χ4n) is 2.25. The minimum Gasteiger partial charge on any atom is -0.356 e. The van der Waals surface area contributed by atoms with E-state index in [1.165, 1.54) is 23.1 Å². The summed E-state index contributed by atoms with van der Waals surface area (Å²) in [4.78, 5) is 14.0. The lowest BCUT2D eigenvalue weighted by atomic mass is 10.3. The lowest BCUT2D eigenvalue weighted by Gasteiger charge is -2.19. The maximum absolute atomic E-state index is 4.72. The quantitative estimate of drug-likeness (QED) is 0.908. The van der Waals surface area contributed by atoms with E-state index in [-0.39, 0.29) is 0 Å². The number of nitrogens with one attached hydrogen (secondary N) is 1. The molecular formula is C14H20N4S. The maximum Gasteiger partial charge on any atom is 0.226 e. The first-order valence-electron chi connectivity index (χ1n) is 6.94. The molecule has 2 heterocycles. The molecule has 0 atom stereocenters. The first-order valence-corrected chi connectivity index (χ1v) is 7.75.